The van der Waals surface area contributed by atoms with Crippen molar-refractivity contribution >= 4 is 17.9 Å². The standard InChI is InChI=1S/C12H17F3N2O4/c1-6(7(18)21-10(2,3)4)17-8(19)11(5,12(13,14)15)16-9(17)20/h6H,1-5H3,(H,16,20). The van der Waals surface area contributed by atoms with Crippen LogP contribution in [0.2, 0.25) is 0 Å². The third kappa shape index (κ3) is 3.11. The van der Waals surface area contributed by atoms with Crippen molar-refractivity contribution in [2.75, 3.05) is 0 Å². The minimum absolute atomic E-state index is 0.238. The zero-order valence-corrected chi connectivity index (χ0v) is 12.3. The van der Waals surface area contributed by atoms with Crippen LogP contribution in [0.15, 0.2) is 0 Å². The lowest BCUT2D eigenvalue weighted by molar-refractivity contribution is -0.192. The summed E-state index contributed by atoms with van der Waals surface area (Å²) in [5, 5.41) is 1.57. The molecule has 1 N–H and O–H groups in total. The molecule has 0 radical (unpaired) electrons. The maximum atomic E-state index is 12.9. The molecule has 0 saturated carbocycles. The number of halogens is 3. The van der Waals surface area contributed by atoms with Crippen LogP contribution in [-0.4, -0.2) is 46.2 Å². The molecule has 0 spiro atoms. The number of urea groups is 1. The van der Waals surface area contributed by atoms with Crippen LogP contribution < -0.4 is 5.32 Å². The second-order valence-electron chi connectivity index (χ2n) is 5.94. The number of imide groups is 1. The summed E-state index contributed by atoms with van der Waals surface area (Å²) in [7, 11) is 0. The van der Waals surface area contributed by atoms with Crippen molar-refractivity contribution < 1.29 is 32.3 Å². The van der Waals surface area contributed by atoms with Crippen molar-refractivity contribution in [3.8, 4) is 0 Å². The summed E-state index contributed by atoms with van der Waals surface area (Å²) in [6.45, 7) is 6.36. The van der Waals surface area contributed by atoms with Crippen LogP contribution in [0.1, 0.15) is 34.6 Å². The number of nitrogens with zero attached hydrogens (tertiary/aromatic N) is 1. The fraction of sp³-hybridized carbons (Fsp3) is 0.750. The number of hydrogen-bond donors (Lipinski definition) is 1. The van der Waals surface area contributed by atoms with Gasteiger partial charge in [-0.2, -0.15) is 13.2 Å². The Hall–Kier alpha value is -1.80. The highest BCUT2D eigenvalue weighted by Crippen LogP contribution is 2.36. The van der Waals surface area contributed by atoms with E-state index in [2.05, 4.69) is 0 Å². The van der Waals surface area contributed by atoms with Crippen LogP contribution in [0.4, 0.5) is 18.0 Å². The lowest BCUT2D eigenvalue weighted by Crippen LogP contribution is -2.56. The zero-order chi connectivity index (χ0) is 16.8. The first kappa shape index (κ1) is 17.3. The van der Waals surface area contributed by atoms with E-state index < -0.39 is 41.3 Å². The topological polar surface area (TPSA) is 75.7 Å². The van der Waals surface area contributed by atoms with E-state index in [0.29, 0.717) is 6.92 Å². The van der Waals surface area contributed by atoms with Gasteiger partial charge in [-0.1, -0.05) is 0 Å². The SMILES string of the molecule is CC(C(=O)OC(C)(C)C)N1C(=O)NC(C)(C(F)(F)F)C1=O. The lowest BCUT2D eigenvalue weighted by atomic mass is 10.0. The van der Waals surface area contributed by atoms with Gasteiger partial charge in [-0.15, -0.1) is 0 Å². The molecule has 1 heterocycles. The average molecular weight is 310 g/mol. The summed E-state index contributed by atoms with van der Waals surface area (Å²) in [6, 6.07) is -2.74. The molecule has 1 aliphatic rings. The molecule has 0 aromatic rings. The molecule has 1 rings (SSSR count). The van der Waals surface area contributed by atoms with Crippen LogP contribution in [0, 0.1) is 0 Å². The first-order valence-electron chi connectivity index (χ1n) is 6.16. The lowest BCUT2D eigenvalue weighted by Gasteiger charge is -2.27. The van der Waals surface area contributed by atoms with E-state index in [1.165, 1.54) is 0 Å². The summed E-state index contributed by atoms with van der Waals surface area (Å²) >= 11 is 0. The van der Waals surface area contributed by atoms with Gasteiger partial charge < -0.3 is 10.1 Å². The number of nitrogens with one attached hydrogen (secondary N) is 1. The molecule has 0 aliphatic carbocycles. The molecule has 1 saturated heterocycles. The number of amides is 3. The second kappa shape index (κ2) is 4.88. The Kier molecular flexibility index (Phi) is 4.01. The molecule has 0 aromatic heterocycles. The van der Waals surface area contributed by atoms with E-state index in [1.807, 2.05) is 0 Å². The van der Waals surface area contributed by atoms with Crippen molar-refractivity contribution in [2.45, 2.75) is 58.0 Å². The van der Waals surface area contributed by atoms with Crippen LogP contribution in [-0.2, 0) is 14.3 Å². The van der Waals surface area contributed by atoms with Crippen molar-refractivity contribution in [2.24, 2.45) is 0 Å². The highest BCUT2D eigenvalue weighted by Gasteiger charge is 2.65. The minimum Gasteiger partial charge on any atom is -0.458 e. The van der Waals surface area contributed by atoms with Crippen molar-refractivity contribution in [1.82, 2.24) is 10.2 Å². The van der Waals surface area contributed by atoms with E-state index in [4.69, 9.17) is 4.74 Å². The van der Waals surface area contributed by atoms with E-state index in [9.17, 15) is 27.6 Å². The van der Waals surface area contributed by atoms with Crippen molar-refractivity contribution in [3.63, 3.8) is 0 Å². The minimum atomic E-state index is -4.97. The number of carbonyl (C=O) groups excluding carboxylic acids is 3. The highest BCUT2D eigenvalue weighted by molar-refractivity contribution is 6.09. The van der Waals surface area contributed by atoms with E-state index in [-0.39, 0.29) is 4.90 Å². The Morgan fingerprint density at radius 2 is 1.76 bits per heavy atom. The van der Waals surface area contributed by atoms with Crippen molar-refractivity contribution in [3.05, 3.63) is 0 Å². The summed E-state index contributed by atoms with van der Waals surface area (Å²) < 4.78 is 43.7. The zero-order valence-electron chi connectivity index (χ0n) is 12.3. The molecule has 2 unspecified atom stereocenters. The number of rotatable bonds is 2. The van der Waals surface area contributed by atoms with E-state index >= 15 is 0 Å². The molecule has 2 atom stereocenters. The monoisotopic (exact) mass is 310 g/mol. The van der Waals surface area contributed by atoms with Gasteiger partial charge in [0.25, 0.3) is 5.91 Å². The van der Waals surface area contributed by atoms with E-state index in [0.717, 1.165) is 6.92 Å². The van der Waals surface area contributed by atoms with Gasteiger partial charge in [-0.25, -0.2) is 14.5 Å². The fourth-order valence-corrected chi connectivity index (χ4v) is 1.70. The summed E-state index contributed by atoms with van der Waals surface area (Å²) in [5.41, 5.74) is -3.93. The van der Waals surface area contributed by atoms with E-state index in [1.54, 1.807) is 26.1 Å². The Labute approximate surface area is 119 Å². The number of hydrogen-bond acceptors (Lipinski definition) is 4. The summed E-state index contributed by atoms with van der Waals surface area (Å²) in [6.07, 6.45) is -4.97. The average Bonchev–Trinajstić information content (AvgIpc) is 2.46. The summed E-state index contributed by atoms with van der Waals surface area (Å²) in [5.74, 6) is -2.49. The maximum Gasteiger partial charge on any atom is 0.420 e. The van der Waals surface area contributed by atoms with Gasteiger partial charge in [0.1, 0.15) is 11.6 Å². The van der Waals surface area contributed by atoms with Crippen LogP contribution in [0.5, 0.6) is 0 Å². The molecule has 9 heteroatoms. The number of ether oxygens (including phenoxy) is 1. The van der Waals surface area contributed by atoms with Crippen LogP contribution >= 0.6 is 0 Å². The fourth-order valence-electron chi connectivity index (χ4n) is 1.70. The van der Waals surface area contributed by atoms with Gasteiger partial charge in [0.05, 0.1) is 0 Å². The van der Waals surface area contributed by atoms with Gasteiger partial charge in [0.15, 0.2) is 0 Å². The number of alkyl halides is 3. The molecule has 21 heavy (non-hydrogen) atoms. The maximum absolute atomic E-state index is 12.9. The molecule has 1 aliphatic heterocycles. The Morgan fingerprint density at radius 1 is 1.29 bits per heavy atom. The highest BCUT2D eigenvalue weighted by atomic mass is 19.4. The second-order valence-corrected chi connectivity index (χ2v) is 5.94. The molecule has 120 valence electrons. The molecular formula is C12H17F3N2O4. The predicted molar refractivity (Wildman–Crippen MR) is 65.1 cm³/mol. The summed E-state index contributed by atoms with van der Waals surface area (Å²) in [4.78, 5) is 35.6. The van der Waals surface area contributed by atoms with Crippen molar-refractivity contribution in [1.29, 1.82) is 0 Å². The third-order valence-corrected chi connectivity index (χ3v) is 2.92. The quantitative estimate of drug-likeness (QED) is 0.621. The predicted octanol–water partition coefficient (Wildman–Crippen LogP) is 1.59. The molecule has 3 amide bonds. The number of carbonyl (C=O) groups is 3. The van der Waals surface area contributed by atoms with Gasteiger partial charge in [-0.3, -0.25) is 4.79 Å². The molecule has 6 nitrogen and oxygen atoms in total. The first-order chi connectivity index (χ1) is 9.21. The Balaban J connectivity index is 3.02. The largest absolute Gasteiger partial charge is 0.458 e. The van der Waals surface area contributed by atoms with Gasteiger partial charge in [-0.05, 0) is 34.6 Å². The normalized spacial score (nSPS) is 24.9. The molecule has 0 aromatic carbocycles. The third-order valence-electron chi connectivity index (χ3n) is 2.92. The molecule has 1 fully saturated rings. The smallest absolute Gasteiger partial charge is 0.420 e. The molecular weight excluding hydrogens is 293 g/mol. The van der Waals surface area contributed by atoms with Crippen LogP contribution in [0.25, 0.3) is 0 Å². The van der Waals surface area contributed by atoms with Gasteiger partial charge in [0, 0.05) is 0 Å². The van der Waals surface area contributed by atoms with Gasteiger partial charge >= 0.3 is 18.2 Å². The first-order valence-corrected chi connectivity index (χ1v) is 6.16. The Bertz CT molecular complexity index is 484. The Morgan fingerprint density at radius 3 is 2.10 bits per heavy atom. The van der Waals surface area contributed by atoms with Gasteiger partial charge in [0.2, 0.25) is 5.54 Å². The van der Waals surface area contributed by atoms with Crippen LogP contribution in [0.3, 0.4) is 0 Å². The number of esters is 1. The molecule has 0 bridgehead atoms.